The first kappa shape index (κ1) is 36.1. The number of carbonyl (C=O) groups excluding carboxylic acids is 3. The van der Waals surface area contributed by atoms with Crippen LogP contribution in [0.1, 0.15) is 48.9 Å². The Morgan fingerprint density at radius 2 is 1.67 bits per heavy atom. The minimum atomic E-state index is -4.59. The lowest BCUT2D eigenvalue weighted by Gasteiger charge is -2.23. The molecule has 45 heavy (non-hydrogen) atoms. The number of hydrogen-bond donors (Lipinski definition) is 4. The molecule has 0 aromatic heterocycles. The number of Topliss-reactive ketones (excluding diaryl/α,β-unsaturated/α-hetero) is 1. The summed E-state index contributed by atoms with van der Waals surface area (Å²) in [5.74, 6) is -3.86. The van der Waals surface area contributed by atoms with Crippen molar-refractivity contribution in [2.24, 2.45) is 17.2 Å². The molecule has 1 aliphatic heterocycles. The Bertz CT molecular complexity index is 1380. The smallest absolute Gasteiger partial charge is 0.416 e. The second kappa shape index (κ2) is 14.8. The van der Waals surface area contributed by atoms with Gasteiger partial charge < -0.3 is 32.1 Å². The normalized spacial score (nSPS) is 15.4. The largest absolute Gasteiger partial charge is 0.422 e. The minimum absolute atomic E-state index is 0.0980. The van der Waals surface area contributed by atoms with Crippen LogP contribution in [0.2, 0.25) is 6.82 Å². The van der Waals surface area contributed by atoms with Crippen molar-refractivity contribution in [3.63, 3.8) is 0 Å². The van der Waals surface area contributed by atoms with E-state index in [4.69, 9.17) is 21.9 Å². The summed E-state index contributed by atoms with van der Waals surface area (Å²) in [6.07, 6.45) is -5.85. The van der Waals surface area contributed by atoms with Crippen LogP contribution >= 0.6 is 0 Å². The van der Waals surface area contributed by atoms with E-state index in [1.54, 1.807) is 20.7 Å². The summed E-state index contributed by atoms with van der Waals surface area (Å²) in [5.41, 5.74) is 15.4. The number of nitrogens with one attached hydrogen (secondary N) is 1. The molecule has 2 aromatic rings. The first-order chi connectivity index (χ1) is 21.0. The molecule has 0 radical (unpaired) electrons. The lowest BCUT2D eigenvalue weighted by Crippen LogP contribution is -2.50. The summed E-state index contributed by atoms with van der Waals surface area (Å²) >= 11 is 0. The van der Waals surface area contributed by atoms with Gasteiger partial charge in [-0.05, 0) is 61.5 Å². The topological polar surface area (TPSA) is 154 Å². The third kappa shape index (κ3) is 8.87. The molecule has 0 spiro atoms. The van der Waals surface area contributed by atoms with Crippen LogP contribution in [0, 0.1) is 11.6 Å². The highest BCUT2D eigenvalue weighted by atomic mass is 19.4. The van der Waals surface area contributed by atoms with E-state index in [1.807, 2.05) is 0 Å². The number of fused-ring (bicyclic) bond motifs is 1. The van der Waals surface area contributed by atoms with Crippen molar-refractivity contribution in [2.75, 3.05) is 26.2 Å². The highest BCUT2D eigenvalue weighted by Gasteiger charge is 2.42. The van der Waals surface area contributed by atoms with Crippen molar-refractivity contribution >= 4 is 30.0 Å². The van der Waals surface area contributed by atoms with Crippen LogP contribution < -0.4 is 28.0 Å². The van der Waals surface area contributed by atoms with Crippen LogP contribution in [0.5, 0.6) is 0 Å². The van der Waals surface area contributed by atoms with Crippen molar-refractivity contribution in [1.29, 1.82) is 0 Å². The summed E-state index contributed by atoms with van der Waals surface area (Å²) < 4.78 is 75.8. The van der Waals surface area contributed by atoms with Gasteiger partial charge in [-0.15, -0.1) is 0 Å². The van der Waals surface area contributed by atoms with Gasteiger partial charge in [0.25, 0.3) is 0 Å². The zero-order valence-electron chi connectivity index (χ0n) is 25.5. The Labute approximate surface area is 259 Å². The molecule has 0 fully saturated rings. The second-order valence-corrected chi connectivity index (χ2v) is 11.6. The maximum absolute atomic E-state index is 15.6. The number of alkyl halides is 3. The van der Waals surface area contributed by atoms with Crippen LogP contribution in [0.3, 0.4) is 0 Å². The molecular formula is C30H39BF5N5O4. The monoisotopic (exact) mass is 639 g/mol. The van der Waals surface area contributed by atoms with Crippen LogP contribution in [0.15, 0.2) is 30.3 Å². The number of amides is 2. The summed E-state index contributed by atoms with van der Waals surface area (Å²) in [5, 5.41) is 2.48. The third-order valence-electron chi connectivity index (χ3n) is 7.81. The van der Waals surface area contributed by atoms with E-state index < -0.39 is 71.6 Å². The minimum Gasteiger partial charge on any atom is -0.422 e. The first-order valence-electron chi connectivity index (χ1n) is 14.6. The number of nitrogens with two attached hydrogens (primary N) is 3. The Balaban J connectivity index is 1.83. The molecule has 2 atom stereocenters. The zero-order valence-corrected chi connectivity index (χ0v) is 25.5. The predicted octanol–water partition coefficient (Wildman–Crippen LogP) is 1.77. The first-order valence-corrected chi connectivity index (χ1v) is 14.6. The molecule has 1 heterocycles. The fraction of sp³-hybridized carbons (Fsp3) is 0.500. The molecule has 0 bridgehead atoms. The molecule has 3 rings (SSSR count). The maximum atomic E-state index is 15.6. The number of carbonyl (C=O) groups is 3. The van der Waals surface area contributed by atoms with Gasteiger partial charge in [-0.3, -0.25) is 14.4 Å². The molecule has 2 amide bonds. The maximum Gasteiger partial charge on any atom is 0.416 e. The van der Waals surface area contributed by atoms with Crippen molar-refractivity contribution in [3.8, 4) is 0 Å². The van der Waals surface area contributed by atoms with Crippen LogP contribution in [-0.4, -0.2) is 67.7 Å². The van der Waals surface area contributed by atoms with E-state index in [-0.39, 0.29) is 62.4 Å². The highest BCUT2D eigenvalue weighted by molar-refractivity contribution is 6.68. The Morgan fingerprint density at radius 3 is 2.22 bits per heavy atom. The number of ketones is 1. The van der Waals surface area contributed by atoms with Gasteiger partial charge in [0.1, 0.15) is 11.6 Å². The third-order valence-corrected chi connectivity index (χ3v) is 7.81. The van der Waals surface area contributed by atoms with Crippen molar-refractivity contribution in [2.45, 2.75) is 70.2 Å². The van der Waals surface area contributed by atoms with Gasteiger partial charge in [0.15, 0.2) is 5.78 Å². The molecule has 15 heteroatoms. The van der Waals surface area contributed by atoms with Gasteiger partial charge in [0.2, 0.25) is 11.8 Å². The van der Waals surface area contributed by atoms with Crippen LogP contribution in [-0.2, 0) is 43.7 Å². The van der Waals surface area contributed by atoms with Gasteiger partial charge >= 0.3 is 13.1 Å². The van der Waals surface area contributed by atoms with E-state index >= 15 is 8.78 Å². The summed E-state index contributed by atoms with van der Waals surface area (Å²) in [6.45, 7) is 5.17. The standard InChI is InChI=1S/C30H39BF5N5O4/c1-29(2)20-16-21(32)19(27(33)26(20)31(3)45-29)15-24(42)23(14-17-4-6-18(7-5-17)30(34,35)36)40-28(44)22(39)8-9-25(43)41(12-10-37)13-11-38/h4-7,16,22-23H,8-15,37-39H2,1-3H3,(H,40,44)/t22-,23+/m0/s1. The van der Waals surface area contributed by atoms with Gasteiger partial charge in [-0.1, -0.05) is 19.0 Å². The number of nitrogens with zero attached hydrogens (tertiary/aromatic N) is 1. The van der Waals surface area contributed by atoms with Gasteiger partial charge in [0, 0.05) is 44.6 Å². The lowest BCUT2D eigenvalue weighted by atomic mass is 9.63. The van der Waals surface area contributed by atoms with E-state index in [2.05, 4.69) is 5.32 Å². The number of rotatable bonds is 14. The Hall–Kier alpha value is -3.40. The fourth-order valence-corrected chi connectivity index (χ4v) is 5.43. The van der Waals surface area contributed by atoms with Gasteiger partial charge in [-0.2, -0.15) is 13.2 Å². The summed E-state index contributed by atoms with van der Waals surface area (Å²) in [7, 11) is 0. The second-order valence-electron chi connectivity index (χ2n) is 11.6. The van der Waals surface area contributed by atoms with Crippen LogP contribution in [0.4, 0.5) is 22.0 Å². The van der Waals surface area contributed by atoms with Gasteiger partial charge in [-0.25, -0.2) is 8.78 Å². The highest BCUT2D eigenvalue weighted by Crippen LogP contribution is 2.33. The van der Waals surface area contributed by atoms with Crippen molar-refractivity contribution in [3.05, 3.63) is 64.2 Å². The van der Waals surface area contributed by atoms with Crippen LogP contribution in [0.25, 0.3) is 0 Å². The average Bonchev–Trinajstić information content (AvgIpc) is 3.19. The van der Waals surface area contributed by atoms with E-state index in [1.165, 1.54) is 4.90 Å². The zero-order chi connectivity index (χ0) is 33.7. The number of hydrogen-bond acceptors (Lipinski definition) is 7. The quantitative estimate of drug-likeness (QED) is 0.182. The molecular weight excluding hydrogens is 600 g/mol. The molecule has 9 nitrogen and oxygen atoms in total. The molecule has 0 saturated carbocycles. The average molecular weight is 639 g/mol. The molecule has 246 valence electrons. The lowest BCUT2D eigenvalue weighted by molar-refractivity contribution is -0.137. The molecule has 7 N–H and O–H groups in total. The van der Waals surface area contributed by atoms with Crippen molar-refractivity contribution in [1.82, 2.24) is 10.2 Å². The Morgan fingerprint density at radius 1 is 1.07 bits per heavy atom. The van der Waals surface area contributed by atoms with E-state index in [0.29, 0.717) is 5.56 Å². The molecule has 0 saturated heterocycles. The van der Waals surface area contributed by atoms with E-state index in [0.717, 1.165) is 30.3 Å². The molecule has 2 aromatic carbocycles. The molecule has 1 aliphatic rings. The predicted molar refractivity (Wildman–Crippen MR) is 159 cm³/mol. The Kier molecular flexibility index (Phi) is 11.9. The fourth-order valence-electron chi connectivity index (χ4n) is 5.43. The summed E-state index contributed by atoms with van der Waals surface area (Å²) in [6, 6.07) is 2.42. The molecule has 0 aliphatic carbocycles. The summed E-state index contributed by atoms with van der Waals surface area (Å²) in [4.78, 5) is 40.6. The number of benzene rings is 2. The molecule has 0 unspecified atom stereocenters. The SMILES string of the molecule is CB1OC(C)(C)c2cc(F)c(CC(=O)[C@@H](Cc3ccc(C(F)(F)F)cc3)NC(=O)[C@@H](N)CCC(=O)N(CCN)CCN)c(F)c21. The number of halogens is 5. The van der Waals surface area contributed by atoms with Crippen molar-refractivity contribution < 1.29 is 41.0 Å². The van der Waals surface area contributed by atoms with E-state index in [9.17, 15) is 27.6 Å². The van der Waals surface area contributed by atoms with Gasteiger partial charge in [0.05, 0.1) is 23.2 Å².